The van der Waals surface area contributed by atoms with Crippen LogP contribution in [-0.2, 0) is 19.6 Å². The summed E-state index contributed by atoms with van der Waals surface area (Å²) in [7, 11) is 1.81. The molecule has 0 unspecified atom stereocenters. The molecule has 0 radical (unpaired) electrons. The normalized spacial score (nSPS) is 15.1. The Morgan fingerprint density at radius 1 is 1.24 bits per heavy atom. The minimum atomic E-state index is -4.60. The van der Waals surface area contributed by atoms with E-state index in [0.717, 1.165) is 35.6 Å². The Balaban J connectivity index is 1.65. The number of hydrogen-bond donors (Lipinski definition) is 1. The zero-order valence-electron chi connectivity index (χ0n) is 18.7. The Bertz CT molecular complexity index is 1450. The fraction of sp³-hybridized carbons (Fsp3) is 0.333. The predicted octanol–water partition coefficient (Wildman–Crippen LogP) is 4.47. The van der Waals surface area contributed by atoms with Gasteiger partial charge in [0.15, 0.2) is 0 Å². The van der Waals surface area contributed by atoms with Crippen molar-refractivity contribution >= 4 is 16.7 Å². The molecule has 1 aromatic carbocycles. The van der Waals surface area contributed by atoms with Crippen LogP contribution in [0.4, 0.5) is 19.1 Å². The van der Waals surface area contributed by atoms with Crippen LogP contribution < -0.4 is 11.3 Å². The van der Waals surface area contributed by atoms with Crippen molar-refractivity contribution in [3.05, 3.63) is 70.2 Å². The number of benzene rings is 1. The molecule has 1 atom stereocenters. The summed E-state index contributed by atoms with van der Waals surface area (Å²) >= 11 is 0. The molecular weight excluding hydrogens is 445 g/mol. The minimum Gasteiger partial charge on any atom is -0.368 e. The topological polar surface area (TPSA) is 91.6 Å². The molecule has 5 rings (SSSR count). The first-order valence-electron chi connectivity index (χ1n) is 11.0. The highest BCUT2D eigenvalue weighted by molar-refractivity contribution is 5.96. The Morgan fingerprint density at radius 3 is 2.65 bits per heavy atom. The summed E-state index contributed by atoms with van der Waals surface area (Å²) in [6.45, 7) is 1.81. The van der Waals surface area contributed by atoms with Gasteiger partial charge in [0.25, 0.3) is 5.56 Å². The van der Waals surface area contributed by atoms with Crippen molar-refractivity contribution in [3.8, 4) is 11.1 Å². The number of fused-ring (bicyclic) bond motifs is 1. The Morgan fingerprint density at radius 2 is 2.00 bits per heavy atom. The first kappa shape index (κ1) is 22.1. The van der Waals surface area contributed by atoms with Gasteiger partial charge in [0.1, 0.15) is 0 Å². The summed E-state index contributed by atoms with van der Waals surface area (Å²) in [4.78, 5) is 21.2. The van der Waals surface area contributed by atoms with Gasteiger partial charge in [0.2, 0.25) is 5.95 Å². The van der Waals surface area contributed by atoms with Crippen LogP contribution in [0.1, 0.15) is 48.7 Å². The van der Waals surface area contributed by atoms with Gasteiger partial charge in [0, 0.05) is 42.7 Å². The van der Waals surface area contributed by atoms with Crippen LogP contribution in [0.3, 0.4) is 0 Å². The standard InChI is InChI=1S/C24H23F3N6O/c1-13(8-19-18(24(25,26)27)11-29-23(28)31-19)20-9-14-4-3-5-17(15-10-30-32(2)12-15)21(14)22(34)33(20)16-6-7-16/h3-5,9-13,16H,6-8H2,1-2H3,(H2,28,29,31)/t13-/m1/s1. The van der Waals surface area contributed by atoms with E-state index >= 15 is 0 Å². The van der Waals surface area contributed by atoms with E-state index in [-0.39, 0.29) is 29.7 Å². The highest BCUT2D eigenvalue weighted by atomic mass is 19.4. The number of rotatable bonds is 5. The molecule has 1 aliphatic rings. The average Bonchev–Trinajstić information content (AvgIpc) is 3.51. The second-order valence-electron chi connectivity index (χ2n) is 8.84. The number of pyridine rings is 1. The van der Waals surface area contributed by atoms with Crippen LogP contribution in [0.5, 0.6) is 0 Å². The van der Waals surface area contributed by atoms with Gasteiger partial charge < -0.3 is 10.3 Å². The number of anilines is 1. The predicted molar refractivity (Wildman–Crippen MR) is 122 cm³/mol. The third kappa shape index (κ3) is 3.93. The van der Waals surface area contributed by atoms with Crippen molar-refractivity contribution in [2.24, 2.45) is 7.05 Å². The summed E-state index contributed by atoms with van der Waals surface area (Å²) < 4.78 is 44.1. The van der Waals surface area contributed by atoms with Crippen LogP contribution in [0.2, 0.25) is 0 Å². The molecule has 0 saturated heterocycles. The number of nitrogen functional groups attached to an aromatic ring is 1. The molecule has 3 heterocycles. The zero-order valence-corrected chi connectivity index (χ0v) is 18.7. The maximum Gasteiger partial charge on any atom is 0.419 e. The third-order valence-corrected chi connectivity index (χ3v) is 6.23. The molecule has 176 valence electrons. The molecule has 0 bridgehead atoms. The van der Waals surface area contributed by atoms with E-state index in [0.29, 0.717) is 11.1 Å². The smallest absolute Gasteiger partial charge is 0.368 e. The molecule has 34 heavy (non-hydrogen) atoms. The summed E-state index contributed by atoms with van der Waals surface area (Å²) in [6.07, 6.45) is 1.37. The van der Waals surface area contributed by atoms with Gasteiger partial charge in [-0.1, -0.05) is 25.1 Å². The Labute approximate surface area is 193 Å². The second kappa shape index (κ2) is 7.96. The first-order valence-corrected chi connectivity index (χ1v) is 11.0. The third-order valence-electron chi connectivity index (χ3n) is 6.23. The highest BCUT2D eigenvalue weighted by Gasteiger charge is 2.36. The van der Waals surface area contributed by atoms with Crippen LogP contribution in [0.15, 0.2) is 47.7 Å². The molecule has 1 aliphatic carbocycles. The number of nitrogens with two attached hydrogens (primary N) is 1. The highest BCUT2D eigenvalue weighted by Crippen LogP contribution is 2.39. The molecule has 0 amide bonds. The van der Waals surface area contributed by atoms with Crippen molar-refractivity contribution in [1.82, 2.24) is 24.3 Å². The van der Waals surface area contributed by atoms with Crippen LogP contribution in [0.25, 0.3) is 21.9 Å². The van der Waals surface area contributed by atoms with E-state index in [1.54, 1.807) is 15.4 Å². The van der Waals surface area contributed by atoms with Crippen LogP contribution in [0, 0.1) is 0 Å². The zero-order chi connectivity index (χ0) is 24.2. The van der Waals surface area contributed by atoms with E-state index in [1.165, 1.54) is 0 Å². The molecular formula is C24H23F3N6O. The molecule has 10 heteroatoms. The number of alkyl halides is 3. The second-order valence-corrected chi connectivity index (χ2v) is 8.84. The van der Waals surface area contributed by atoms with E-state index in [9.17, 15) is 18.0 Å². The first-order chi connectivity index (χ1) is 16.1. The van der Waals surface area contributed by atoms with E-state index in [2.05, 4.69) is 15.1 Å². The van der Waals surface area contributed by atoms with E-state index in [4.69, 9.17) is 5.73 Å². The van der Waals surface area contributed by atoms with Crippen LogP contribution in [-0.4, -0.2) is 24.3 Å². The van der Waals surface area contributed by atoms with Gasteiger partial charge in [-0.25, -0.2) is 9.97 Å². The lowest BCUT2D eigenvalue weighted by atomic mass is 9.94. The van der Waals surface area contributed by atoms with E-state index in [1.807, 2.05) is 44.4 Å². The van der Waals surface area contributed by atoms with Gasteiger partial charge >= 0.3 is 6.18 Å². The molecule has 2 N–H and O–H groups in total. The minimum absolute atomic E-state index is 0.0263. The van der Waals surface area contributed by atoms with Gasteiger partial charge in [-0.3, -0.25) is 9.48 Å². The van der Waals surface area contributed by atoms with E-state index < -0.39 is 17.7 Å². The van der Waals surface area contributed by atoms with Crippen molar-refractivity contribution in [1.29, 1.82) is 0 Å². The van der Waals surface area contributed by atoms with Crippen molar-refractivity contribution in [2.45, 2.75) is 44.3 Å². The SMILES string of the molecule is C[C@H](Cc1nc(N)ncc1C(F)(F)F)c1cc2cccc(-c3cnn(C)c3)c2c(=O)n1C1CC1. The number of aryl methyl sites for hydroxylation is 1. The van der Waals surface area contributed by atoms with Crippen molar-refractivity contribution in [2.75, 3.05) is 5.73 Å². The molecule has 1 fully saturated rings. The number of nitrogens with zero attached hydrogens (tertiary/aromatic N) is 5. The van der Waals surface area contributed by atoms with Gasteiger partial charge in [0.05, 0.1) is 22.8 Å². The summed E-state index contributed by atoms with van der Waals surface area (Å²) in [6, 6.07) is 7.56. The lowest BCUT2D eigenvalue weighted by Gasteiger charge is -2.21. The van der Waals surface area contributed by atoms with Gasteiger partial charge in [-0.15, -0.1) is 0 Å². The molecule has 4 aromatic rings. The van der Waals surface area contributed by atoms with Crippen molar-refractivity contribution in [3.63, 3.8) is 0 Å². The Kier molecular flexibility index (Phi) is 5.18. The number of hydrogen-bond acceptors (Lipinski definition) is 5. The van der Waals surface area contributed by atoms with Gasteiger partial charge in [-0.2, -0.15) is 18.3 Å². The maximum atomic E-state index is 13.8. The van der Waals surface area contributed by atoms with Crippen molar-refractivity contribution < 1.29 is 13.2 Å². The molecule has 0 spiro atoms. The largest absolute Gasteiger partial charge is 0.419 e. The molecule has 0 aliphatic heterocycles. The summed E-state index contributed by atoms with van der Waals surface area (Å²) in [5.74, 6) is -0.621. The molecule has 1 saturated carbocycles. The van der Waals surface area contributed by atoms with Crippen LogP contribution >= 0.6 is 0 Å². The Hall–Kier alpha value is -3.69. The lowest BCUT2D eigenvalue weighted by molar-refractivity contribution is -0.138. The summed E-state index contributed by atoms with van der Waals surface area (Å²) in [5, 5.41) is 5.54. The number of halogens is 3. The lowest BCUT2D eigenvalue weighted by Crippen LogP contribution is -2.25. The quantitative estimate of drug-likeness (QED) is 0.467. The summed E-state index contributed by atoms with van der Waals surface area (Å²) in [5.41, 5.74) is 6.68. The number of aromatic nitrogens is 5. The van der Waals surface area contributed by atoms with Gasteiger partial charge in [-0.05, 0) is 36.3 Å². The maximum absolute atomic E-state index is 13.8. The molecule has 7 nitrogen and oxygen atoms in total. The molecule has 3 aromatic heterocycles. The average molecular weight is 468 g/mol. The fourth-order valence-electron chi connectivity index (χ4n) is 4.51. The fourth-order valence-corrected chi connectivity index (χ4v) is 4.51. The monoisotopic (exact) mass is 468 g/mol.